The van der Waals surface area contributed by atoms with Gasteiger partial charge in [0.1, 0.15) is 23.3 Å². The fourth-order valence-electron chi connectivity index (χ4n) is 5.96. The average Bonchev–Trinajstić information content (AvgIpc) is 3.64. The Labute approximate surface area is 274 Å². The predicted octanol–water partition coefficient (Wildman–Crippen LogP) is 6.71. The molecule has 10 nitrogen and oxygen atoms in total. The largest absolute Gasteiger partial charge is 0.444 e. The van der Waals surface area contributed by atoms with Gasteiger partial charge in [0.05, 0.1) is 29.7 Å². The summed E-state index contributed by atoms with van der Waals surface area (Å²) in [5, 5.41) is 18.5. The number of rotatable bonds is 5. The fraction of sp³-hybridized carbons (Fsp3) is 0.412. The lowest BCUT2D eigenvalue weighted by Gasteiger charge is -2.33. The molecule has 2 fully saturated rings. The number of carbonyl (C=O) groups excluding carboxylic acids is 2. The molecule has 0 bridgehead atoms. The minimum absolute atomic E-state index is 0.146. The van der Waals surface area contributed by atoms with Gasteiger partial charge in [0.2, 0.25) is 5.69 Å². The van der Waals surface area contributed by atoms with Crippen LogP contribution in [0.2, 0.25) is 0 Å². The molecule has 4 aromatic rings. The summed E-state index contributed by atoms with van der Waals surface area (Å²) in [7, 11) is 0. The van der Waals surface area contributed by atoms with E-state index < -0.39 is 35.5 Å². The van der Waals surface area contributed by atoms with Crippen LogP contribution in [0.5, 0.6) is 0 Å². The number of nitrogens with zero attached hydrogens (tertiary/aromatic N) is 4. The number of nitrogens with one attached hydrogen (secondary N) is 1. The van der Waals surface area contributed by atoms with Crippen LogP contribution in [0.15, 0.2) is 42.6 Å². The Morgan fingerprint density at radius 1 is 1.15 bits per heavy atom. The normalized spacial score (nSPS) is 20.2. The summed E-state index contributed by atoms with van der Waals surface area (Å²) in [6.07, 6.45) is 2.34. The number of likely N-dealkylation sites (tertiary alicyclic amines) is 1. The lowest BCUT2D eigenvalue weighted by Crippen LogP contribution is -2.50. The fourth-order valence-corrected chi connectivity index (χ4v) is 7.13. The summed E-state index contributed by atoms with van der Waals surface area (Å²) < 4.78 is 43.2. The van der Waals surface area contributed by atoms with Gasteiger partial charge in [-0.05, 0) is 63.8 Å². The zero-order chi connectivity index (χ0) is 33.5. The van der Waals surface area contributed by atoms with Gasteiger partial charge in [-0.2, -0.15) is 5.10 Å². The summed E-state index contributed by atoms with van der Waals surface area (Å²) in [4.78, 5) is 31.9. The van der Waals surface area contributed by atoms with Crippen molar-refractivity contribution in [3.8, 4) is 21.6 Å². The highest BCUT2D eigenvalue weighted by atomic mass is 32.1. The second-order valence-electron chi connectivity index (χ2n) is 12.9. The molecule has 2 saturated heterocycles. The van der Waals surface area contributed by atoms with Crippen LogP contribution in [-0.2, 0) is 9.47 Å². The number of amides is 2. The Balaban J connectivity index is 1.36. The van der Waals surface area contributed by atoms with Crippen molar-refractivity contribution in [1.82, 2.24) is 20.0 Å². The molecule has 3 atom stereocenters. The second kappa shape index (κ2) is 13.0. The number of fused-ring (bicyclic) bond motifs is 1. The van der Waals surface area contributed by atoms with Crippen molar-refractivity contribution in [2.24, 2.45) is 0 Å². The Morgan fingerprint density at radius 3 is 2.68 bits per heavy atom. The molecule has 2 aliphatic heterocycles. The lowest BCUT2D eigenvalue weighted by molar-refractivity contribution is -0.0327. The molecule has 0 saturated carbocycles. The number of benzene rings is 2. The Hall–Kier alpha value is -4.38. The highest BCUT2D eigenvalue weighted by molar-refractivity contribution is 7.18. The number of hydrogen-bond donors (Lipinski definition) is 2. The Kier molecular flexibility index (Phi) is 9.02. The molecule has 2 aromatic carbocycles. The number of carbonyl (C=O) groups is 2. The zero-order valence-electron chi connectivity index (χ0n) is 26.3. The predicted molar refractivity (Wildman–Crippen MR) is 173 cm³/mol. The van der Waals surface area contributed by atoms with Gasteiger partial charge >= 0.3 is 6.09 Å². The van der Waals surface area contributed by atoms with E-state index in [1.807, 2.05) is 0 Å². The number of halogens is 2. The molecule has 0 spiro atoms. The number of aromatic nitrogens is 2. The summed E-state index contributed by atoms with van der Waals surface area (Å²) in [5.41, 5.74) is 0.619. The first-order chi connectivity index (χ1) is 22.4. The van der Waals surface area contributed by atoms with Gasteiger partial charge in [-0.1, -0.05) is 12.1 Å². The van der Waals surface area contributed by atoms with E-state index in [-0.39, 0.29) is 36.4 Å². The van der Waals surface area contributed by atoms with E-state index in [2.05, 4.69) is 15.3 Å². The number of ether oxygens (including phenoxy) is 2. The average molecular weight is 664 g/mol. The zero-order valence-corrected chi connectivity index (χ0v) is 27.1. The molecule has 6 rings (SSSR count). The maximum absolute atomic E-state index is 15.9. The molecule has 0 aliphatic carbocycles. The molecule has 0 radical (unpaired) electrons. The summed E-state index contributed by atoms with van der Waals surface area (Å²) in [6.45, 7) is 14.0. The number of aliphatic hydroxyl groups excluding tert-OH is 1. The maximum atomic E-state index is 15.9. The summed E-state index contributed by atoms with van der Waals surface area (Å²) in [6, 6.07) is 8.01. The van der Waals surface area contributed by atoms with Crippen LogP contribution in [0, 0.1) is 18.2 Å². The van der Waals surface area contributed by atoms with Gasteiger partial charge in [0, 0.05) is 59.4 Å². The molecule has 0 unspecified atom stereocenters. The Bertz CT molecular complexity index is 1880. The van der Waals surface area contributed by atoms with E-state index in [1.54, 1.807) is 54.7 Å². The Morgan fingerprint density at radius 2 is 1.96 bits per heavy atom. The van der Waals surface area contributed by atoms with Gasteiger partial charge < -0.3 is 24.8 Å². The number of piperidine rings is 1. The van der Waals surface area contributed by atoms with Crippen molar-refractivity contribution in [2.45, 2.75) is 63.8 Å². The number of alkyl carbamates (subject to hydrolysis) is 1. The smallest absolute Gasteiger partial charge is 0.407 e. The first-order valence-electron chi connectivity index (χ1n) is 15.4. The standard InChI is InChI=1S/C34H35F2N5O5S/c1-34(2,3)46-33(44)38-21-6-5-10-40(17-21)32(43)30-14-22(19-7-8-26(37-4)25(36)13-19)31(47-30)23-12-20-16-41(39-27(20)15-24(23)35)28-18-45-11-9-29(28)42/h7-8,12-16,21,28-29,42H,5-6,9-11,17-18H2,1-3H3,(H,38,44)/t21-,28+,29+/m1/s1. The molecule has 4 heterocycles. The number of aliphatic hydroxyl groups is 1. The van der Waals surface area contributed by atoms with Crippen molar-refractivity contribution in [3.05, 3.63) is 70.5 Å². The SMILES string of the molecule is [C-]#[N+]c1ccc(-c2cc(C(=O)N3CCC[C@@H](NC(=O)OC(C)(C)C)C3)sc2-c2cc3cn([C@H]4COCC[C@@H]4O)nc3cc2F)cc1F. The molecular weight excluding hydrogens is 628 g/mol. The van der Waals surface area contributed by atoms with Crippen molar-refractivity contribution in [2.75, 3.05) is 26.3 Å². The summed E-state index contributed by atoms with van der Waals surface area (Å²) in [5.74, 6) is -1.60. The third kappa shape index (κ3) is 7.00. The number of hydrogen-bond acceptors (Lipinski definition) is 7. The van der Waals surface area contributed by atoms with E-state index >= 15 is 4.39 Å². The van der Waals surface area contributed by atoms with E-state index in [1.165, 1.54) is 18.2 Å². The third-order valence-electron chi connectivity index (χ3n) is 8.24. The first kappa shape index (κ1) is 32.6. The highest BCUT2D eigenvalue weighted by Gasteiger charge is 2.30. The van der Waals surface area contributed by atoms with Crippen LogP contribution in [0.1, 0.15) is 55.7 Å². The van der Waals surface area contributed by atoms with Crippen LogP contribution in [0.3, 0.4) is 0 Å². The van der Waals surface area contributed by atoms with Crippen LogP contribution < -0.4 is 5.32 Å². The molecule has 47 heavy (non-hydrogen) atoms. The quantitative estimate of drug-likeness (QED) is 0.230. The van der Waals surface area contributed by atoms with Gasteiger partial charge in [-0.3, -0.25) is 9.48 Å². The molecular formula is C34H35F2N5O5S. The van der Waals surface area contributed by atoms with Gasteiger partial charge in [0.15, 0.2) is 0 Å². The third-order valence-corrected chi connectivity index (χ3v) is 9.39. The van der Waals surface area contributed by atoms with E-state index in [0.29, 0.717) is 64.2 Å². The molecule has 2 N–H and O–H groups in total. The van der Waals surface area contributed by atoms with Crippen molar-refractivity contribution in [3.63, 3.8) is 0 Å². The monoisotopic (exact) mass is 663 g/mol. The molecule has 246 valence electrons. The second-order valence-corrected chi connectivity index (χ2v) is 13.9. The van der Waals surface area contributed by atoms with Gasteiger partial charge in [-0.15, -0.1) is 11.3 Å². The van der Waals surface area contributed by atoms with Crippen LogP contribution >= 0.6 is 11.3 Å². The highest BCUT2D eigenvalue weighted by Crippen LogP contribution is 2.43. The maximum Gasteiger partial charge on any atom is 0.407 e. The minimum Gasteiger partial charge on any atom is -0.444 e. The van der Waals surface area contributed by atoms with Gasteiger partial charge in [0.25, 0.3) is 5.91 Å². The van der Waals surface area contributed by atoms with Crippen LogP contribution in [0.4, 0.5) is 19.3 Å². The van der Waals surface area contributed by atoms with Crippen LogP contribution in [0.25, 0.3) is 37.3 Å². The van der Waals surface area contributed by atoms with E-state index in [9.17, 15) is 19.1 Å². The van der Waals surface area contributed by atoms with Crippen molar-refractivity contribution >= 4 is 39.9 Å². The molecule has 2 aliphatic rings. The topological polar surface area (TPSA) is 110 Å². The molecule has 13 heteroatoms. The minimum atomic E-state index is -0.722. The molecule has 2 amide bonds. The molecule has 2 aromatic heterocycles. The van der Waals surface area contributed by atoms with E-state index in [0.717, 1.165) is 11.3 Å². The van der Waals surface area contributed by atoms with Crippen LogP contribution in [-0.4, -0.2) is 75.8 Å². The van der Waals surface area contributed by atoms with Crippen molar-refractivity contribution in [1.29, 1.82) is 0 Å². The number of thiophene rings is 1. The van der Waals surface area contributed by atoms with E-state index in [4.69, 9.17) is 16.0 Å². The van der Waals surface area contributed by atoms with Gasteiger partial charge in [-0.25, -0.2) is 18.4 Å². The van der Waals surface area contributed by atoms with Crippen molar-refractivity contribution < 1.29 is 33.0 Å². The summed E-state index contributed by atoms with van der Waals surface area (Å²) >= 11 is 1.09. The lowest BCUT2D eigenvalue weighted by atomic mass is 10.00. The first-order valence-corrected chi connectivity index (χ1v) is 16.3.